The van der Waals surface area contributed by atoms with Crippen molar-refractivity contribution in [1.29, 1.82) is 0 Å². The molecule has 7 nitrogen and oxygen atoms in total. The number of anilines is 1. The van der Waals surface area contributed by atoms with E-state index in [1.165, 1.54) is 11.8 Å². The van der Waals surface area contributed by atoms with Crippen LogP contribution < -0.4 is 10.6 Å². The van der Waals surface area contributed by atoms with Crippen molar-refractivity contribution in [2.24, 2.45) is 11.1 Å². The van der Waals surface area contributed by atoms with Gasteiger partial charge in [-0.15, -0.1) is 0 Å². The summed E-state index contributed by atoms with van der Waals surface area (Å²) in [6.07, 6.45) is 5.77. The number of nitrogens with two attached hydrogens (primary N) is 1. The van der Waals surface area contributed by atoms with Gasteiger partial charge in [0.25, 0.3) is 0 Å². The van der Waals surface area contributed by atoms with Crippen molar-refractivity contribution in [3.8, 4) is 0 Å². The van der Waals surface area contributed by atoms with Gasteiger partial charge < -0.3 is 20.5 Å². The van der Waals surface area contributed by atoms with E-state index in [9.17, 15) is 5.11 Å². The van der Waals surface area contributed by atoms with Crippen molar-refractivity contribution in [1.82, 2.24) is 15.0 Å². The molecule has 1 saturated carbocycles. The third-order valence-corrected chi connectivity index (χ3v) is 8.59. The van der Waals surface area contributed by atoms with E-state index in [2.05, 4.69) is 9.88 Å². The van der Waals surface area contributed by atoms with Crippen LogP contribution in [0.25, 0.3) is 0 Å². The minimum Gasteiger partial charge on any atom is -0.390 e. The van der Waals surface area contributed by atoms with Gasteiger partial charge in [0.05, 0.1) is 23.4 Å². The molecule has 2 aromatic rings. The summed E-state index contributed by atoms with van der Waals surface area (Å²) in [5, 5.41) is 11.3. The van der Waals surface area contributed by atoms with Gasteiger partial charge in [0.15, 0.2) is 5.82 Å². The highest BCUT2D eigenvalue weighted by Gasteiger charge is 2.47. The standard InChI is InChI=1S/C21H27Cl2N5O2S/c1-12-20(31-15-3-6-25-18(23)17(15)22)27-14(11-29)19(26-12)28-7-4-21(5-8-28)10-13(30-2)9-16(21)24/h3,6,13,16,29H,4-5,7-11,24H2,1-2H3/t13-,16-/m1/s1. The van der Waals surface area contributed by atoms with Crippen LogP contribution in [0.4, 0.5) is 5.82 Å². The minimum atomic E-state index is -0.187. The number of halogens is 2. The van der Waals surface area contributed by atoms with Crippen molar-refractivity contribution in [2.75, 3.05) is 25.1 Å². The molecular weight excluding hydrogens is 457 g/mol. The van der Waals surface area contributed by atoms with Gasteiger partial charge in [-0.05, 0) is 44.1 Å². The highest BCUT2D eigenvalue weighted by Crippen LogP contribution is 2.47. The number of piperidine rings is 1. The molecule has 2 atom stereocenters. The third kappa shape index (κ3) is 4.51. The number of pyridine rings is 1. The van der Waals surface area contributed by atoms with Crippen molar-refractivity contribution in [2.45, 2.75) is 61.3 Å². The molecule has 0 amide bonds. The predicted octanol–water partition coefficient (Wildman–Crippen LogP) is 3.85. The van der Waals surface area contributed by atoms with Crippen LogP contribution in [-0.4, -0.2) is 52.4 Å². The Labute approximate surface area is 196 Å². The average Bonchev–Trinajstić information content (AvgIpc) is 3.08. The van der Waals surface area contributed by atoms with Crippen LogP contribution in [0.15, 0.2) is 22.2 Å². The lowest BCUT2D eigenvalue weighted by molar-refractivity contribution is 0.0890. The van der Waals surface area contributed by atoms with Crippen molar-refractivity contribution in [3.63, 3.8) is 0 Å². The van der Waals surface area contributed by atoms with Gasteiger partial charge in [-0.3, -0.25) is 0 Å². The van der Waals surface area contributed by atoms with Gasteiger partial charge in [0.2, 0.25) is 0 Å². The first-order valence-corrected chi connectivity index (χ1v) is 11.9. The van der Waals surface area contributed by atoms with Crippen molar-refractivity contribution in [3.05, 3.63) is 33.8 Å². The number of methoxy groups -OCH3 is 1. The second-order valence-corrected chi connectivity index (χ2v) is 10.1. The van der Waals surface area contributed by atoms with Crippen LogP contribution in [-0.2, 0) is 11.3 Å². The fourth-order valence-electron chi connectivity index (χ4n) is 4.71. The van der Waals surface area contributed by atoms with Crippen LogP contribution in [0.1, 0.15) is 37.1 Å². The number of ether oxygens (including phenoxy) is 1. The summed E-state index contributed by atoms with van der Waals surface area (Å²) in [4.78, 5) is 16.5. The molecule has 0 radical (unpaired) electrons. The second-order valence-electron chi connectivity index (χ2n) is 8.31. The number of rotatable bonds is 5. The summed E-state index contributed by atoms with van der Waals surface area (Å²) in [7, 11) is 1.77. The van der Waals surface area contributed by atoms with E-state index >= 15 is 0 Å². The van der Waals surface area contributed by atoms with E-state index in [0.29, 0.717) is 15.7 Å². The Kier molecular flexibility index (Phi) is 6.96. The zero-order valence-electron chi connectivity index (χ0n) is 17.6. The quantitative estimate of drug-likeness (QED) is 0.618. The molecule has 168 valence electrons. The largest absolute Gasteiger partial charge is 0.390 e. The number of nitrogens with zero attached hydrogens (tertiary/aromatic N) is 4. The van der Waals surface area contributed by atoms with Crippen LogP contribution in [0, 0.1) is 12.3 Å². The Bertz CT molecular complexity index is 956. The predicted molar refractivity (Wildman–Crippen MR) is 123 cm³/mol. The molecule has 4 rings (SSSR count). The summed E-state index contributed by atoms with van der Waals surface area (Å²) in [5.74, 6) is 0.743. The summed E-state index contributed by atoms with van der Waals surface area (Å²) in [6, 6.07) is 1.95. The second kappa shape index (κ2) is 9.37. The summed E-state index contributed by atoms with van der Waals surface area (Å²) >= 11 is 13.7. The number of aliphatic hydroxyl groups excluding tert-OH is 1. The van der Waals surface area contributed by atoms with Gasteiger partial charge >= 0.3 is 0 Å². The minimum absolute atomic E-state index is 0.131. The molecule has 0 bridgehead atoms. The zero-order chi connectivity index (χ0) is 22.2. The monoisotopic (exact) mass is 483 g/mol. The summed E-state index contributed by atoms with van der Waals surface area (Å²) < 4.78 is 5.58. The first-order chi connectivity index (χ1) is 14.9. The van der Waals surface area contributed by atoms with Crippen LogP contribution >= 0.6 is 35.0 Å². The normalized spacial score (nSPS) is 23.0. The fourth-order valence-corrected chi connectivity index (χ4v) is 6.02. The molecule has 2 aromatic heterocycles. The van der Waals surface area contributed by atoms with Crippen LogP contribution in [0.3, 0.4) is 0 Å². The van der Waals surface area contributed by atoms with Gasteiger partial charge in [-0.1, -0.05) is 35.0 Å². The summed E-state index contributed by atoms with van der Waals surface area (Å²) in [5.41, 5.74) is 7.97. The Morgan fingerprint density at radius 2 is 2.06 bits per heavy atom. The summed E-state index contributed by atoms with van der Waals surface area (Å²) in [6.45, 7) is 3.40. The van der Waals surface area contributed by atoms with Gasteiger partial charge in [0.1, 0.15) is 15.9 Å². The third-order valence-electron chi connectivity index (χ3n) is 6.58. The molecule has 1 saturated heterocycles. The van der Waals surface area contributed by atoms with Crippen LogP contribution in [0.2, 0.25) is 10.2 Å². The Morgan fingerprint density at radius 3 is 2.71 bits per heavy atom. The van der Waals surface area contributed by atoms with E-state index < -0.39 is 0 Å². The first-order valence-electron chi connectivity index (χ1n) is 10.4. The maximum Gasteiger partial charge on any atom is 0.153 e. The molecule has 1 aliphatic carbocycles. The zero-order valence-corrected chi connectivity index (χ0v) is 20.0. The number of aliphatic hydroxyl groups is 1. The van der Waals surface area contributed by atoms with E-state index in [1.807, 2.05) is 6.92 Å². The highest BCUT2D eigenvalue weighted by molar-refractivity contribution is 7.99. The molecule has 2 fully saturated rings. The van der Waals surface area contributed by atoms with E-state index in [4.69, 9.17) is 43.6 Å². The van der Waals surface area contributed by atoms with Crippen LogP contribution in [0.5, 0.6) is 0 Å². The smallest absolute Gasteiger partial charge is 0.153 e. The molecule has 2 aliphatic rings. The van der Waals surface area contributed by atoms with E-state index in [-0.39, 0.29) is 29.3 Å². The van der Waals surface area contributed by atoms with Crippen molar-refractivity contribution < 1.29 is 9.84 Å². The number of aromatic nitrogens is 3. The lowest BCUT2D eigenvalue weighted by atomic mass is 9.74. The number of hydrogen-bond donors (Lipinski definition) is 2. The Morgan fingerprint density at radius 1 is 1.32 bits per heavy atom. The Balaban J connectivity index is 1.53. The molecule has 3 N–H and O–H groups in total. The molecule has 10 heteroatoms. The Hall–Kier alpha value is -1.16. The van der Waals surface area contributed by atoms with E-state index in [0.717, 1.165) is 55.2 Å². The fraction of sp³-hybridized carbons (Fsp3) is 0.571. The molecule has 0 aromatic carbocycles. The lowest BCUT2D eigenvalue weighted by Crippen LogP contribution is -2.47. The molecule has 31 heavy (non-hydrogen) atoms. The molecule has 0 unspecified atom stereocenters. The van der Waals surface area contributed by atoms with E-state index in [1.54, 1.807) is 19.4 Å². The first kappa shape index (κ1) is 23.0. The molecule has 1 aliphatic heterocycles. The molecule has 1 spiro atoms. The lowest BCUT2D eigenvalue weighted by Gasteiger charge is -2.42. The highest BCUT2D eigenvalue weighted by atomic mass is 35.5. The number of hydrogen-bond acceptors (Lipinski definition) is 8. The molecular formula is C21H27Cl2N5O2S. The molecule has 3 heterocycles. The van der Waals surface area contributed by atoms with Gasteiger partial charge in [-0.25, -0.2) is 15.0 Å². The maximum absolute atomic E-state index is 10.0. The van der Waals surface area contributed by atoms with Crippen molar-refractivity contribution >= 4 is 40.8 Å². The average molecular weight is 484 g/mol. The maximum atomic E-state index is 10.0. The topological polar surface area (TPSA) is 97.4 Å². The SMILES string of the molecule is CO[C@@H]1C[C@@H](N)C2(CCN(c3nc(C)c(Sc4ccnc(Cl)c4Cl)nc3CO)CC2)C1. The van der Waals surface area contributed by atoms with Gasteiger partial charge in [0, 0.05) is 37.3 Å². The number of aryl methyl sites for hydroxylation is 1. The van der Waals surface area contributed by atoms with Gasteiger partial charge in [-0.2, -0.15) is 0 Å².